The quantitative estimate of drug-likeness (QED) is 0.437. The van der Waals surface area contributed by atoms with Crippen molar-refractivity contribution in [3.05, 3.63) is 63.6 Å². The molecule has 0 saturated heterocycles. The number of aryl methyl sites for hydroxylation is 1. The Morgan fingerprint density at radius 2 is 1.61 bits per heavy atom. The monoisotopic (exact) mass is 555 g/mol. The van der Waals surface area contributed by atoms with Gasteiger partial charge < -0.3 is 10.2 Å². The van der Waals surface area contributed by atoms with E-state index in [4.69, 9.17) is 23.2 Å². The lowest BCUT2D eigenvalue weighted by Crippen LogP contribution is -2.52. The number of nitrogens with zero attached hydrogens (tertiary/aromatic N) is 2. The maximum atomic E-state index is 13.3. The van der Waals surface area contributed by atoms with Crippen LogP contribution in [0.25, 0.3) is 0 Å². The van der Waals surface area contributed by atoms with Gasteiger partial charge in [-0.05, 0) is 76.4 Å². The van der Waals surface area contributed by atoms with Gasteiger partial charge in [0.15, 0.2) is 0 Å². The number of sulfonamides is 1. The standard InChI is InChI=1S/C26H35Cl2N3O4S/c1-18-9-12-22(28)16-23(18)31(36(6,34)35)15-7-8-24(32)30(17-20-10-13-21(27)14-11-20)19(2)25(33)29-26(3,4)5/h9-14,16,19H,7-8,15,17H2,1-6H3,(H,29,33). The average molecular weight is 557 g/mol. The summed E-state index contributed by atoms with van der Waals surface area (Å²) in [6.07, 6.45) is 1.45. The second-order valence-electron chi connectivity index (χ2n) is 9.93. The number of halogens is 2. The van der Waals surface area contributed by atoms with Crippen LogP contribution in [0.5, 0.6) is 0 Å². The van der Waals surface area contributed by atoms with Gasteiger partial charge in [0, 0.05) is 35.1 Å². The van der Waals surface area contributed by atoms with Crippen molar-refractivity contribution in [1.29, 1.82) is 0 Å². The van der Waals surface area contributed by atoms with Crippen molar-refractivity contribution >= 4 is 50.7 Å². The number of rotatable bonds is 10. The van der Waals surface area contributed by atoms with E-state index in [2.05, 4.69) is 5.32 Å². The predicted octanol–water partition coefficient (Wildman–Crippen LogP) is 5.18. The van der Waals surface area contributed by atoms with Crippen LogP contribution in [0.15, 0.2) is 42.5 Å². The Hall–Kier alpha value is -2.29. The van der Waals surface area contributed by atoms with Crippen molar-refractivity contribution in [2.24, 2.45) is 0 Å². The van der Waals surface area contributed by atoms with Gasteiger partial charge in [-0.1, -0.05) is 41.4 Å². The Morgan fingerprint density at radius 1 is 1.03 bits per heavy atom. The van der Waals surface area contributed by atoms with E-state index in [1.54, 1.807) is 44.2 Å². The number of amides is 2. The van der Waals surface area contributed by atoms with Crippen molar-refractivity contribution in [3.63, 3.8) is 0 Å². The summed E-state index contributed by atoms with van der Waals surface area (Å²) in [4.78, 5) is 27.7. The Morgan fingerprint density at radius 3 is 2.17 bits per heavy atom. The van der Waals surface area contributed by atoms with Crippen LogP contribution in [-0.2, 0) is 26.2 Å². The molecule has 0 bridgehead atoms. The normalized spacial score (nSPS) is 12.7. The number of benzene rings is 2. The third-order valence-electron chi connectivity index (χ3n) is 5.52. The molecule has 0 radical (unpaired) electrons. The summed E-state index contributed by atoms with van der Waals surface area (Å²) in [5.41, 5.74) is 1.61. The van der Waals surface area contributed by atoms with Crippen molar-refractivity contribution in [2.75, 3.05) is 17.1 Å². The number of carbonyl (C=O) groups excluding carboxylic acids is 2. The first-order valence-corrected chi connectivity index (χ1v) is 14.3. The van der Waals surface area contributed by atoms with Crippen molar-refractivity contribution < 1.29 is 18.0 Å². The lowest BCUT2D eigenvalue weighted by Gasteiger charge is -2.32. The molecule has 0 spiro atoms. The van der Waals surface area contributed by atoms with Gasteiger partial charge in [0.05, 0.1) is 11.9 Å². The van der Waals surface area contributed by atoms with Crippen LogP contribution in [0.3, 0.4) is 0 Å². The largest absolute Gasteiger partial charge is 0.350 e. The topological polar surface area (TPSA) is 86.8 Å². The summed E-state index contributed by atoms with van der Waals surface area (Å²) in [5, 5.41) is 3.92. The molecule has 0 aliphatic carbocycles. The van der Waals surface area contributed by atoms with Gasteiger partial charge in [-0.3, -0.25) is 13.9 Å². The Kier molecular flexibility index (Phi) is 10.2. The molecule has 2 aromatic carbocycles. The zero-order chi connectivity index (χ0) is 27.3. The first kappa shape index (κ1) is 29.9. The summed E-state index contributed by atoms with van der Waals surface area (Å²) in [6, 6.07) is 11.4. The zero-order valence-corrected chi connectivity index (χ0v) is 24.0. The highest BCUT2D eigenvalue weighted by Crippen LogP contribution is 2.27. The highest BCUT2D eigenvalue weighted by molar-refractivity contribution is 7.92. The fourth-order valence-electron chi connectivity index (χ4n) is 3.68. The Bertz CT molecular complexity index is 1180. The minimum Gasteiger partial charge on any atom is -0.350 e. The first-order valence-electron chi connectivity index (χ1n) is 11.7. The number of hydrogen-bond donors (Lipinski definition) is 1. The fourth-order valence-corrected chi connectivity index (χ4v) is 4.98. The van der Waals surface area contributed by atoms with Gasteiger partial charge in [-0.2, -0.15) is 0 Å². The third kappa shape index (κ3) is 8.98. The molecule has 36 heavy (non-hydrogen) atoms. The molecule has 10 heteroatoms. The molecule has 1 unspecified atom stereocenters. The summed E-state index contributed by atoms with van der Waals surface area (Å²) in [7, 11) is -3.60. The maximum absolute atomic E-state index is 13.3. The van der Waals surface area contributed by atoms with Gasteiger partial charge in [0.1, 0.15) is 6.04 Å². The van der Waals surface area contributed by atoms with Crippen LogP contribution in [0.1, 0.15) is 51.7 Å². The summed E-state index contributed by atoms with van der Waals surface area (Å²) in [6.45, 7) is 9.44. The Balaban J connectivity index is 2.22. The minimum atomic E-state index is -3.60. The van der Waals surface area contributed by atoms with Crippen molar-refractivity contribution in [2.45, 2.75) is 65.6 Å². The maximum Gasteiger partial charge on any atom is 0.242 e. The van der Waals surface area contributed by atoms with E-state index in [0.29, 0.717) is 15.7 Å². The Labute approximate surface area is 224 Å². The molecule has 0 aromatic heterocycles. The summed E-state index contributed by atoms with van der Waals surface area (Å²) in [5.74, 6) is -0.519. The summed E-state index contributed by atoms with van der Waals surface area (Å²) >= 11 is 12.1. The van der Waals surface area contributed by atoms with Crippen molar-refractivity contribution in [3.8, 4) is 0 Å². The second kappa shape index (κ2) is 12.3. The molecule has 0 aliphatic rings. The van der Waals surface area contributed by atoms with Gasteiger partial charge in [0.2, 0.25) is 21.8 Å². The van der Waals surface area contributed by atoms with Crippen LogP contribution in [0.2, 0.25) is 10.0 Å². The molecular formula is C26H35Cl2N3O4S. The van der Waals surface area contributed by atoms with Gasteiger partial charge in [-0.25, -0.2) is 8.42 Å². The highest BCUT2D eigenvalue weighted by Gasteiger charge is 2.29. The predicted molar refractivity (Wildman–Crippen MR) is 147 cm³/mol. The molecule has 198 valence electrons. The molecule has 2 amide bonds. The lowest BCUT2D eigenvalue weighted by molar-refractivity contribution is -0.141. The van der Waals surface area contributed by atoms with Gasteiger partial charge in [-0.15, -0.1) is 0 Å². The van der Waals surface area contributed by atoms with Gasteiger partial charge in [0.25, 0.3) is 0 Å². The second-order valence-corrected chi connectivity index (χ2v) is 12.7. The number of anilines is 1. The molecular weight excluding hydrogens is 521 g/mol. The lowest BCUT2D eigenvalue weighted by atomic mass is 10.1. The van der Waals surface area contributed by atoms with E-state index in [9.17, 15) is 18.0 Å². The molecule has 0 saturated carbocycles. The number of nitrogens with one attached hydrogen (secondary N) is 1. The van der Waals surface area contributed by atoms with Crippen molar-refractivity contribution in [1.82, 2.24) is 10.2 Å². The zero-order valence-electron chi connectivity index (χ0n) is 21.6. The van der Waals surface area contributed by atoms with E-state index >= 15 is 0 Å². The molecule has 0 aliphatic heterocycles. The van der Waals surface area contributed by atoms with E-state index in [1.807, 2.05) is 32.9 Å². The van der Waals surface area contributed by atoms with E-state index < -0.39 is 21.6 Å². The molecule has 7 nitrogen and oxygen atoms in total. The van der Waals surface area contributed by atoms with Crippen LogP contribution in [0.4, 0.5) is 5.69 Å². The molecule has 2 rings (SSSR count). The molecule has 2 aromatic rings. The van der Waals surface area contributed by atoms with Crippen LogP contribution < -0.4 is 9.62 Å². The first-order chi connectivity index (χ1) is 16.6. The fraction of sp³-hybridized carbons (Fsp3) is 0.462. The molecule has 0 fully saturated rings. The smallest absolute Gasteiger partial charge is 0.242 e. The van der Waals surface area contributed by atoms with Crippen LogP contribution in [0, 0.1) is 6.92 Å². The minimum absolute atomic E-state index is 0.0619. The summed E-state index contributed by atoms with van der Waals surface area (Å²) < 4.78 is 26.3. The van der Waals surface area contributed by atoms with Crippen LogP contribution >= 0.6 is 23.2 Å². The number of carbonyl (C=O) groups is 2. The van der Waals surface area contributed by atoms with Crippen LogP contribution in [-0.4, -0.2) is 49.5 Å². The van der Waals surface area contributed by atoms with E-state index in [1.165, 1.54) is 9.21 Å². The molecule has 1 atom stereocenters. The average Bonchev–Trinajstić information content (AvgIpc) is 2.75. The molecule has 1 N–H and O–H groups in total. The van der Waals surface area contributed by atoms with E-state index in [-0.39, 0.29) is 37.7 Å². The molecule has 0 heterocycles. The third-order valence-corrected chi connectivity index (χ3v) is 7.19. The number of hydrogen-bond acceptors (Lipinski definition) is 4. The van der Waals surface area contributed by atoms with Gasteiger partial charge >= 0.3 is 0 Å². The highest BCUT2D eigenvalue weighted by atomic mass is 35.5. The SMILES string of the molecule is Cc1ccc(Cl)cc1N(CCCC(=O)N(Cc1ccc(Cl)cc1)C(C)C(=O)NC(C)(C)C)S(C)(=O)=O. The van der Waals surface area contributed by atoms with E-state index in [0.717, 1.165) is 17.4 Å².